The zero-order valence-electron chi connectivity index (χ0n) is 13.2. The molecule has 2 atom stereocenters. The van der Waals surface area contributed by atoms with E-state index in [-0.39, 0.29) is 10.8 Å². The molecule has 2 fully saturated rings. The van der Waals surface area contributed by atoms with Gasteiger partial charge in [0.15, 0.2) is 23.3 Å². The number of fused-ring (bicyclic) bond motifs is 1. The van der Waals surface area contributed by atoms with E-state index in [4.69, 9.17) is 0 Å². The summed E-state index contributed by atoms with van der Waals surface area (Å²) in [7, 11) is 1.99. The van der Waals surface area contributed by atoms with Gasteiger partial charge in [-0.25, -0.2) is 17.6 Å². The minimum Gasteiger partial charge on any atom is -0.337 e. The number of nitrogens with zero attached hydrogens (tertiary/aromatic N) is 2. The van der Waals surface area contributed by atoms with E-state index in [1.54, 1.807) is 0 Å². The van der Waals surface area contributed by atoms with Crippen molar-refractivity contribution in [2.45, 2.75) is 13.8 Å². The van der Waals surface area contributed by atoms with Crippen LogP contribution in [0.15, 0.2) is 6.07 Å². The Morgan fingerprint density at radius 3 is 2.00 bits per heavy atom. The summed E-state index contributed by atoms with van der Waals surface area (Å²) < 4.78 is 53.6. The zero-order valence-corrected chi connectivity index (χ0v) is 13.2. The third-order valence-corrected chi connectivity index (χ3v) is 5.39. The third-order valence-electron chi connectivity index (χ3n) is 5.39. The zero-order chi connectivity index (χ0) is 17.2. The van der Waals surface area contributed by atoms with Crippen molar-refractivity contribution in [3.8, 4) is 0 Å². The molecule has 23 heavy (non-hydrogen) atoms. The Hall–Kier alpha value is -1.63. The van der Waals surface area contributed by atoms with Crippen LogP contribution in [0.5, 0.6) is 0 Å². The summed E-state index contributed by atoms with van der Waals surface area (Å²) in [5, 5.41) is 0. The van der Waals surface area contributed by atoms with Gasteiger partial charge >= 0.3 is 0 Å². The van der Waals surface area contributed by atoms with Gasteiger partial charge in [0.25, 0.3) is 5.91 Å². The maximum absolute atomic E-state index is 13.9. The van der Waals surface area contributed by atoms with Gasteiger partial charge in [-0.15, -0.1) is 0 Å². The lowest BCUT2D eigenvalue weighted by molar-refractivity contribution is 0.0754. The van der Waals surface area contributed by atoms with Crippen molar-refractivity contribution in [3.63, 3.8) is 0 Å². The average Bonchev–Trinajstić information content (AvgIpc) is 2.82. The van der Waals surface area contributed by atoms with Gasteiger partial charge in [-0.05, 0) is 13.1 Å². The molecule has 3 rings (SSSR count). The third kappa shape index (κ3) is 2.24. The van der Waals surface area contributed by atoms with Gasteiger partial charge < -0.3 is 9.80 Å². The van der Waals surface area contributed by atoms with E-state index in [1.807, 2.05) is 20.9 Å². The molecule has 1 aromatic carbocycles. The van der Waals surface area contributed by atoms with Gasteiger partial charge in [-0.2, -0.15) is 0 Å². The number of rotatable bonds is 1. The summed E-state index contributed by atoms with van der Waals surface area (Å²) in [5.74, 6) is -7.87. The second-order valence-electron chi connectivity index (χ2n) is 7.30. The molecular weight excluding hydrogens is 312 g/mol. The fourth-order valence-corrected chi connectivity index (χ4v) is 4.05. The molecule has 2 heterocycles. The number of carbonyl (C=O) groups is 1. The molecule has 0 aromatic heterocycles. The number of hydrogen-bond donors (Lipinski definition) is 0. The Labute approximate surface area is 131 Å². The van der Waals surface area contributed by atoms with Gasteiger partial charge in [0, 0.05) is 37.0 Å². The molecule has 2 unspecified atom stereocenters. The highest BCUT2D eigenvalue weighted by atomic mass is 19.2. The van der Waals surface area contributed by atoms with Crippen molar-refractivity contribution in [1.82, 2.24) is 9.80 Å². The van der Waals surface area contributed by atoms with Crippen LogP contribution >= 0.6 is 0 Å². The molecule has 1 aromatic rings. The molecule has 0 spiro atoms. The maximum Gasteiger partial charge on any atom is 0.257 e. The number of likely N-dealkylation sites (tertiary alicyclic amines) is 2. The molecule has 3 nitrogen and oxygen atoms in total. The van der Waals surface area contributed by atoms with Crippen molar-refractivity contribution in [1.29, 1.82) is 0 Å². The first kappa shape index (κ1) is 16.2. The lowest BCUT2D eigenvalue weighted by Crippen LogP contribution is -2.35. The molecule has 0 saturated carbocycles. The second kappa shape index (κ2) is 4.93. The Morgan fingerprint density at radius 2 is 1.48 bits per heavy atom. The number of benzene rings is 1. The number of hydrogen-bond acceptors (Lipinski definition) is 2. The predicted octanol–water partition coefficient (Wildman–Crippen LogP) is 2.66. The minimum atomic E-state index is -1.95. The van der Waals surface area contributed by atoms with Gasteiger partial charge in [0.2, 0.25) is 0 Å². The van der Waals surface area contributed by atoms with Crippen LogP contribution in [0.2, 0.25) is 0 Å². The molecule has 2 aliphatic rings. The summed E-state index contributed by atoms with van der Waals surface area (Å²) >= 11 is 0. The molecule has 1 amide bonds. The molecule has 0 bridgehead atoms. The largest absolute Gasteiger partial charge is 0.337 e. The van der Waals surface area contributed by atoms with Gasteiger partial charge in [0.05, 0.1) is 5.56 Å². The summed E-state index contributed by atoms with van der Waals surface area (Å²) in [6, 6.07) is 0.432. The van der Waals surface area contributed by atoms with E-state index in [9.17, 15) is 22.4 Å². The van der Waals surface area contributed by atoms with Crippen molar-refractivity contribution >= 4 is 5.91 Å². The second-order valence-corrected chi connectivity index (χ2v) is 7.30. The first-order valence-corrected chi connectivity index (χ1v) is 7.39. The fourth-order valence-electron chi connectivity index (χ4n) is 4.05. The van der Waals surface area contributed by atoms with Crippen molar-refractivity contribution < 1.29 is 22.4 Å². The normalized spacial score (nSPS) is 30.8. The topological polar surface area (TPSA) is 23.6 Å². The standard InChI is InChI=1S/C16H18F4N2O/c1-15-5-21(3)6-16(15,2)8-22(7-15)14(23)9-4-10(17)12(19)13(20)11(9)18/h4H,5-8H2,1-3H3. The Bertz CT molecular complexity index is 675. The Balaban J connectivity index is 1.92. The number of halogens is 4. The SMILES string of the molecule is CN1CC2(C)CN(C(=O)c3cc(F)c(F)c(F)c3F)CC2(C)C1. The van der Waals surface area contributed by atoms with Gasteiger partial charge in [-0.3, -0.25) is 4.79 Å². The van der Waals surface area contributed by atoms with Crippen LogP contribution in [0.1, 0.15) is 24.2 Å². The highest BCUT2D eigenvalue weighted by Gasteiger charge is 2.57. The Kier molecular flexibility index (Phi) is 3.48. The quantitative estimate of drug-likeness (QED) is 0.449. The van der Waals surface area contributed by atoms with Crippen LogP contribution in [0.25, 0.3) is 0 Å². The van der Waals surface area contributed by atoms with Crippen LogP contribution in [0.3, 0.4) is 0 Å². The molecule has 0 aliphatic carbocycles. The predicted molar refractivity (Wildman–Crippen MR) is 75.9 cm³/mol. The van der Waals surface area contributed by atoms with Crippen LogP contribution in [0, 0.1) is 34.1 Å². The molecule has 2 aliphatic heterocycles. The first-order chi connectivity index (χ1) is 10.6. The van der Waals surface area contributed by atoms with Gasteiger partial charge in [-0.1, -0.05) is 13.8 Å². The van der Waals surface area contributed by atoms with E-state index in [2.05, 4.69) is 4.90 Å². The first-order valence-electron chi connectivity index (χ1n) is 7.39. The van der Waals surface area contributed by atoms with E-state index in [1.165, 1.54) is 4.90 Å². The lowest BCUT2D eigenvalue weighted by atomic mass is 9.71. The fraction of sp³-hybridized carbons (Fsp3) is 0.562. The van der Waals surface area contributed by atoms with Crippen LogP contribution in [-0.2, 0) is 0 Å². The molecule has 7 heteroatoms. The molecule has 0 radical (unpaired) electrons. The minimum absolute atomic E-state index is 0.176. The van der Waals surface area contributed by atoms with Gasteiger partial charge in [0.1, 0.15) is 0 Å². The monoisotopic (exact) mass is 330 g/mol. The highest BCUT2D eigenvalue weighted by Crippen LogP contribution is 2.51. The smallest absolute Gasteiger partial charge is 0.257 e. The lowest BCUT2D eigenvalue weighted by Gasteiger charge is -2.30. The van der Waals surface area contributed by atoms with E-state index < -0.39 is 34.7 Å². The van der Waals surface area contributed by atoms with Crippen LogP contribution in [-0.4, -0.2) is 48.9 Å². The average molecular weight is 330 g/mol. The summed E-state index contributed by atoms with van der Waals surface area (Å²) in [6.45, 7) is 6.39. The van der Waals surface area contributed by atoms with Crippen LogP contribution in [0.4, 0.5) is 17.6 Å². The number of amides is 1. The van der Waals surface area contributed by atoms with Crippen molar-refractivity contribution in [2.75, 3.05) is 33.2 Å². The molecule has 2 saturated heterocycles. The van der Waals surface area contributed by atoms with Crippen molar-refractivity contribution in [3.05, 3.63) is 34.9 Å². The summed E-state index contributed by atoms with van der Waals surface area (Å²) in [6.07, 6.45) is 0. The molecular formula is C16H18F4N2O. The number of carbonyl (C=O) groups excluding carboxylic acids is 1. The van der Waals surface area contributed by atoms with E-state index in [0.29, 0.717) is 19.2 Å². The van der Waals surface area contributed by atoms with Crippen LogP contribution < -0.4 is 0 Å². The van der Waals surface area contributed by atoms with E-state index >= 15 is 0 Å². The molecule has 126 valence electrons. The Morgan fingerprint density at radius 1 is 0.957 bits per heavy atom. The van der Waals surface area contributed by atoms with Crippen molar-refractivity contribution in [2.24, 2.45) is 10.8 Å². The summed E-state index contributed by atoms with van der Waals surface area (Å²) in [5.41, 5.74) is -1.11. The summed E-state index contributed by atoms with van der Waals surface area (Å²) in [4.78, 5) is 16.1. The maximum atomic E-state index is 13.9. The highest BCUT2D eigenvalue weighted by molar-refractivity contribution is 5.95. The molecule has 0 N–H and O–H groups in total. The van der Waals surface area contributed by atoms with E-state index in [0.717, 1.165) is 13.1 Å².